The topological polar surface area (TPSA) is 28.2 Å². The van der Waals surface area contributed by atoms with E-state index in [2.05, 4.69) is 41.3 Å². The Kier molecular flexibility index (Phi) is 5.00. The van der Waals surface area contributed by atoms with E-state index in [1.165, 1.54) is 44.2 Å². The Balaban J connectivity index is 1.94. The summed E-state index contributed by atoms with van der Waals surface area (Å²) >= 11 is 0. The quantitative estimate of drug-likeness (QED) is 0.808. The minimum Gasteiger partial charge on any atom is -0.370 e. The van der Waals surface area contributed by atoms with Gasteiger partial charge in [-0.1, -0.05) is 25.8 Å². The summed E-state index contributed by atoms with van der Waals surface area (Å²) in [6, 6.07) is 4.91. The number of nitrogens with one attached hydrogen (secondary N) is 1. The monoisotopic (exact) mass is 247 g/mol. The van der Waals surface area contributed by atoms with Crippen molar-refractivity contribution < 1.29 is 0 Å². The molecule has 18 heavy (non-hydrogen) atoms. The predicted molar refractivity (Wildman–Crippen MR) is 76.9 cm³/mol. The molecule has 0 amide bonds. The molecule has 1 aromatic rings. The van der Waals surface area contributed by atoms with Gasteiger partial charge in [-0.2, -0.15) is 0 Å². The van der Waals surface area contributed by atoms with Gasteiger partial charge in [0, 0.05) is 18.8 Å². The van der Waals surface area contributed by atoms with E-state index in [1.54, 1.807) is 0 Å². The first-order chi connectivity index (χ1) is 8.81. The summed E-state index contributed by atoms with van der Waals surface area (Å²) in [5.74, 6) is 1.01. The summed E-state index contributed by atoms with van der Waals surface area (Å²) in [5, 5.41) is 3.36. The molecular formula is C15H25N3. The van der Waals surface area contributed by atoms with Crippen molar-refractivity contribution in [3.63, 3.8) is 0 Å². The molecule has 1 aliphatic heterocycles. The van der Waals surface area contributed by atoms with Crippen LogP contribution in [0.1, 0.15) is 50.6 Å². The van der Waals surface area contributed by atoms with Crippen molar-refractivity contribution >= 4 is 5.82 Å². The highest BCUT2D eigenvalue weighted by Gasteiger charge is 2.20. The Hall–Kier alpha value is -1.09. The van der Waals surface area contributed by atoms with Crippen LogP contribution in [0.5, 0.6) is 0 Å². The first-order valence-electron chi connectivity index (χ1n) is 7.21. The second kappa shape index (κ2) is 6.74. The summed E-state index contributed by atoms with van der Waals surface area (Å²) in [7, 11) is 2.22. The van der Waals surface area contributed by atoms with Gasteiger partial charge in [0.1, 0.15) is 5.82 Å². The largest absolute Gasteiger partial charge is 0.370 e. The van der Waals surface area contributed by atoms with Crippen LogP contribution in [-0.2, 0) is 0 Å². The highest BCUT2D eigenvalue weighted by atomic mass is 15.1. The van der Waals surface area contributed by atoms with E-state index < -0.39 is 0 Å². The molecule has 0 aliphatic carbocycles. The highest BCUT2D eigenvalue weighted by Crippen LogP contribution is 2.29. The molecule has 0 bridgehead atoms. The van der Waals surface area contributed by atoms with E-state index in [0.717, 1.165) is 12.4 Å². The summed E-state index contributed by atoms with van der Waals surface area (Å²) in [4.78, 5) is 6.97. The van der Waals surface area contributed by atoms with Crippen LogP contribution < -0.4 is 5.32 Å². The first-order valence-corrected chi connectivity index (χ1v) is 7.21. The highest BCUT2D eigenvalue weighted by molar-refractivity contribution is 5.36. The van der Waals surface area contributed by atoms with Gasteiger partial charge in [0.2, 0.25) is 0 Å². The smallest absolute Gasteiger partial charge is 0.125 e. The van der Waals surface area contributed by atoms with Gasteiger partial charge in [0.05, 0.1) is 0 Å². The van der Waals surface area contributed by atoms with Gasteiger partial charge < -0.3 is 5.32 Å². The van der Waals surface area contributed by atoms with Crippen LogP contribution in [0.25, 0.3) is 0 Å². The first kappa shape index (κ1) is 13.3. The number of piperidine rings is 1. The van der Waals surface area contributed by atoms with Crippen LogP contribution in [0.4, 0.5) is 5.82 Å². The summed E-state index contributed by atoms with van der Waals surface area (Å²) in [5.41, 5.74) is 1.36. The average molecular weight is 247 g/mol. The molecule has 1 N–H and O–H groups in total. The number of unbranched alkanes of at least 4 members (excludes halogenated alkanes) is 1. The lowest BCUT2D eigenvalue weighted by atomic mass is 9.97. The standard InChI is InChI=1S/C15H25N3/c1-3-4-10-16-15-9-8-13(12-17-15)14-7-5-6-11-18(14)2/h8-9,12,14H,3-7,10-11H2,1-2H3,(H,16,17). The van der Waals surface area contributed by atoms with Gasteiger partial charge in [-0.25, -0.2) is 4.98 Å². The molecule has 0 spiro atoms. The number of anilines is 1. The Morgan fingerprint density at radius 3 is 2.94 bits per heavy atom. The van der Waals surface area contributed by atoms with Crippen molar-refractivity contribution in [2.24, 2.45) is 0 Å². The SMILES string of the molecule is CCCCNc1ccc(C2CCCCN2C)cn1. The summed E-state index contributed by atoms with van der Waals surface area (Å²) < 4.78 is 0. The normalized spacial score (nSPS) is 20.9. The molecule has 1 aromatic heterocycles. The zero-order valence-corrected chi connectivity index (χ0v) is 11.7. The van der Waals surface area contributed by atoms with Crippen molar-refractivity contribution in [1.29, 1.82) is 0 Å². The molecule has 100 valence electrons. The molecule has 0 radical (unpaired) electrons. The number of hydrogen-bond donors (Lipinski definition) is 1. The lowest BCUT2D eigenvalue weighted by Gasteiger charge is -2.32. The number of likely N-dealkylation sites (tertiary alicyclic amines) is 1. The van der Waals surface area contributed by atoms with E-state index in [4.69, 9.17) is 0 Å². The molecule has 1 atom stereocenters. The van der Waals surface area contributed by atoms with Crippen LogP contribution in [0.15, 0.2) is 18.3 Å². The number of rotatable bonds is 5. The van der Waals surface area contributed by atoms with Crippen LogP contribution in [0.3, 0.4) is 0 Å². The van der Waals surface area contributed by atoms with E-state index in [1.807, 2.05) is 6.20 Å². The van der Waals surface area contributed by atoms with Crippen molar-refractivity contribution in [1.82, 2.24) is 9.88 Å². The van der Waals surface area contributed by atoms with Crippen LogP contribution in [-0.4, -0.2) is 30.0 Å². The van der Waals surface area contributed by atoms with Gasteiger partial charge in [0.15, 0.2) is 0 Å². The maximum Gasteiger partial charge on any atom is 0.125 e. The van der Waals surface area contributed by atoms with Crippen LogP contribution in [0.2, 0.25) is 0 Å². The van der Waals surface area contributed by atoms with Crippen LogP contribution >= 0.6 is 0 Å². The third kappa shape index (κ3) is 3.45. The zero-order valence-electron chi connectivity index (χ0n) is 11.7. The molecule has 1 aliphatic rings. The van der Waals surface area contributed by atoms with Gasteiger partial charge in [0.25, 0.3) is 0 Å². The number of nitrogens with zero attached hydrogens (tertiary/aromatic N) is 2. The van der Waals surface area contributed by atoms with E-state index >= 15 is 0 Å². The predicted octanol–water partition coefficient (Wildman–Crippen LogP) is 3.45. The third-order valence-corrected chi connectivity index (χ3v) is 3.78. The van der Waals surface area contributed by atoms with Crippen LogP contribution in [0, 0.1) is 0 Å². The Bertz CT molecular complexity index is 347. The minimum absolute atomic E-state index is 0.566. The number of pyridine rings is 1. The molecule has 0 saturated carbocycles. The Labute approximate surface area is 111 Å². The number of aromatic nitrogens is 1. The third-order valence-electron chi connectivity index (χ3n) is 3.78. The van der Waals surface area contributed by atoms with Crippen molar-refractivity contribution in [2.45, 2.75) is 45.1 Å². The molecule has 1 unspecified atom stereocenters. The fraction of sp³-hybridized carbons (Fsp3) is 0.667. The van der Waals surface area contributed by atoms with Gasteiger partial charge in [-0.05, 0) is 44.5 Å². The lowest BCUT2D eigenvalue weighted by molar-refractivity contribution is 0.187. The Morgan fingerprint density at radius 1 is 1.39 bits per heavy atom. The second-order valence-corrected chi connectivity index (χ2v) is 5.25. The maximum absolute atomic E-state index is 4.52. The average Bonchev–Trinajstić information content (AvgIpc) is 2.41. The van der Waals surface area contributed by atoms with Crippen molar-refractivity contribution in [3.8, 4) is 0 Å². The molecule has 2 rings (SSSR count). The maximum atomic E-state index is 4.52. The molecule has 3 nitrogen and oxygen atoms in total. The molecule has 3 heteroatoms. The second-order valence-electron chi connectivity index (χ2n) is 5.25. The Morgan fingerprint density at radius 2 is 2.28 bits per heavy atom. The molecule has 0 aromatic carbocycles. The van der Waals surface area contributed by atoms with E-state index in [9.17, 15) is 0 Å². The van der Waals surface area contributed by atoms with E-state index in [-0.39, 0.29) is 0 Å². The zero-order chi connectivity index (χ0) is 12.8. The summed E-state index contributed by atoms with van der Waals surface area (Å²) in [6.07, 6.45) is 8.40. The number of hydrogen-bond acceptors (Lipinski definition) is 3. The fourth-order valence-electron chi connectivity index (χ4n) is 2.60. The molecule has 1 fully saturated rings. The van der Waals surface area contributed by atoms with Gasteiger partial charge >= 0.3 is 0 Å². The lowest BCUT2D eigenvalue weighted by Crippen LogP contribution is -2.29. The van der Waals surface area contributed by atoms with Gasteiger partial charge in [-0.3, -0.25) is 4.90 Å². The van der Waals surface area contributed by atoms with Crippen molar-refractivity contribution in [2.75, 3.05) is 25.5 Å². The summed E-state index contributed by atoms with van der Waals surface area (Å²) in [6.45, 7) is 4.43. The molecule has 1 saturated heterocycles. The van der Waals surface area contributed by atoms with Crippen molar-refractivity contribution in [3.05, 3.63) is 23.9 Å². The van der Waals surface area contributed by atoms with E-state index in [0.29, 0.717) is 6.04 Å². The van der Waals surface area contributed by atoms with Gasteiger partial charge in [-0.15, -0.1) is 0 Å². The molecule has 2 heterocycles. The fourth-order valence-corrected chi connectivity index (χ4v) is 2.60. The minimum atomic E-state index is 0.566. The molecular weight excluding hydrogens is 222 g/mol.